The zero-order valence-electron chi connectivity index (χ0n) is 16.2. The molecular weight excluding hydrogens is 346 g/mol. The van der Waals surface area contributed by atoms with Crippen molar-refractivity contribution in [3.05, 3.63) is 48.0 Å². The molecule has 0 fully saturated rings. The van der Waals surface area contributed by atoms with E-state index in [9.17, 15) is 9.35 Å². The van der Waals surface area contributed by atoms with Gasteiger partial charge in [-0.1, -0.05) is 49.4 Å². The first-order valence-corrected chi connectivity index (χ1v) is 10.1. The molecule has 0 aliphatic heterocycles. The van der Waals surface area contributed by atoms with Gasteiger partial charge >= 0.3 is 5.97 Å². The predicted molar refractivity (Wildman–Crippen MR) is 108 cm³/mol. The molecular formula is C21H29NO3S. The van der Waals surface area contributed by atoms with E-state index < -0.39 is 11.4 Å². The highest BCUT2D eigenvalue weighted by atomic mass is 32.2. The van der Waals surface area contributed by atoms with Crippen LogP contribution < -0.4 is 4.72 Å². The molecule has 0 saturated heterocycles. The van der Waals surface area contributed by atoms with Gasteiger partial charge in [-0.25, -0.2) is 0 Å². The van der Waals surface area contributed by atoms with Crippen LogP contribution in [0.3, 0.4) is 0 Å². The number of methoxy groups -OCH3 is 1. The van der Waals surface area contributed by atoms with E-state index in [0.717, 1.165) is 5.56 Å². The molecule has 0 aromatic heterocycles. The second kappa shape index (κ2) is 8.89. The molecule has 1 unspecified atom stereocenters. The Labute approximate surface area is 159 Å². The Morgan fingerprint density at radius 1 is 1.19 bits per heavy atom. The lowest BCUT2D eigenvalue weighted by atomic mass is 9.95. The maximum atomic E-state index is 12.6. The number of nitrogens with one attached hydrogen (secondary N) is 1. The summed E-state index contributed by atoms with van der Waals surface area (Å²) in [5.41, 5.74) is 1.16. The van der Waals surface area contributed by atoms with Gasteiger partial charge in [-0.05, 0) is 49.9 Å². The van der Waals surface area contributed by atoms with Crippen molar-refractivity contribution in [3.8, 4) is 0 Å². The average molecular weight is 376 g/mol. The number of carbonyl (C=O) groups excluding carboxylic acids is 1. The topological polar surface area (TPSA) is 61.4 Å². The smallest absolute Gasteiger partial charge is 0.308 e. The lowest BCUT2D eigenvalue weighted by Gasteiger charge is -2.29. The summed E-state index contributed by atoms with van der Waals surface area (Å²) >= 11 is -1.20. The molecule has 0 saturated carbocycles. The fourth-order valence-electron chi connectivity index (χ4n) is 2.88. The van der Waals surface area contributed by atoms with Crippen molar-refractivity contribution in [2.75, 3.05) is 7.11 Å². The van der Waals surface area contributed by atoms with Crippen LogP contribution >= 0.6 is 0 Å². The summed E-state index contributed by atoms with van der Waals surface area (Å²) in [7, 11) is 1.40. The average Bonchev–Trinajstić information content (AvgIpc) is 2.59. The highest BCUT2D eigenvalue weighted by Crippen LogP contribution is 2.21. The van der Waals surface area contributed by atoms with Gasteiger partial charge in [0.25, 0.3) is 0 Å². The molecule has 1 N–H and O–H groups in total. The summed E-state index contributed by atoms with van der Waals surface area (Å²) in [5, 5.41) is 2.38. The number of fused-ring (bicyclic) bond motifs is 1. The summed E-state index contributed by atoms with van der Waals surface area (Å²) < 4.78 is 20.3. The zero-order valence-corrected chi connectivity index (χ0v) is 17.1. The molecule has 0 spiro atoms. The second-order valence-electron chi connectivity index (χ2n) is 7.74. The summed E-state index contributed by atoms with van der Waals surface area (Å²) in [4.78, 5) is 11.8. The molecule has 5 heteroatoms. The standard InChI is InChI=1S/C21H29NO3S/c1-15(20(23)25-5)12-19(22-26(24)21(2,3)4)14-16-10-11-17-8-6-7-9-18(17)13-16/h6-11,13,15,19,22H,12,14H2,1-5H3/t15-,19+,26?/m0/s1. The van der Waals surface area contributed by atoms with Crippen molar-refractivity contribution in [1.29, 1.82) is 0 Å². The lowest BCUT2D eigenvalue weighted by molar-refractivity contribution is -0.145. The molecule has 0 aliphatic carbocycles. The van der Waals surface area contributed by atoms with E-state index in [-0.39, 0.29) is 22.7 Å². The largest absolute Gasteiger partial charge is 0.598 e. The third kappa shape index (κ3) is 5.73. The Bertz CT molecular complexity index is 741. The molecule has 26 heavy (non-hydrogen) atoms. The first kappa shape index (κ1) is 20.7. The molecule has 0 heterocycles. The van der Waals surface area contributed by atoms with Gasteiger partial charge in [-0.15, -0.1) is 4.72 Å². The van der Waals surface area contributed by atoms with Crippen molar-refractivity contribution >= 4 is 28.1 Å². The number of hydrogen-bond donors (Lipinski definition) is 1. The molecule has 0 bridgehead atoms. The lowest BCUT2D eigenvalue weighted by Crippen LogP contribution is -2.46. The van der Waals surface area contributed by atoms with Crippen LogP contribution in [0.1, 0.15) is 39.7 Å². The van der Waals surface area contributed by atoms with Gasteiger partial charge in [0.2, 0.25) is 0 Å². The number of ether oxygens (including phenoxy) is 1. The summed E-state index contributed by atoms with van der Waals surface area (Å²) in [6.45, 7) is 7.66. The van der Waals surface area contributed by atoms with E-state index in [1.54, 1.807) is 0 Å². The maximum Gasteiger partial charge on any atom is 0.308 e. The van der Waals surface area contributed by atoms with E-state index >= 15 is 0 Å². The van der Waals surface area contributed by atoms with E-state index in [0.29, 0.717) is 12.8 Å². The minimum absolute atomic E-state index is 0.0784. The van der Waals surface area contributed by atoms with Crippen molar-refractivity contribution in [2.45, 2.75) is 51.3 Å². The third-order valence-corrected chi connectivity index (χ3v) is 6.03. The first-order chi connectivity index (χ1) is 12.2. The fourth-order valence-corrected chi connectivity index (χ4v) is 3.71. The van der Waals surface area contributed by atoms with Crippen LogP contribution in [-0.4, -0.2) is 28.4 Å². The molecule has 0 radical (unpaired) electrons. The zero-order chi connectivity index (χ0) is 19.3. The van der Waals surface area contributed by atoms with E-state index in [1.807, 2.05) is 39.8 Å². The quantitative estimate of drug-likeness (QED) is 0.587. The van der Waals surface area contributed by atoms with E-state index in [1.165, 1.54) is 17.9 Å². The minimum Gasteiger partial charge on any atom is -0.598 e. The molecule has 0 amide bonds. The van der Waals surface area contributed by atoms with Gasteiger partial charge < -0.3 is 9.29 Å². The second-order valence-corrected chi connectivity index (χ2v) is 9.74. The van der Waals surface area contributed by atoms with Crippen LogP contribution in [0.15, 0.2) is 42.5 Å². The van der Waals surface area contributed by atoms with Crippen molar-refractivity contribution in [2.24, 2.45) is 5.92 Å². The van der Waals surface area contributed by atoms with Crippen molar-refractivity contribution in [3.63, 3.8) is 0 Å². The molecule has 4 nitrogen and oxygen atoms in total. The Morgan fingerprint density at radius 3 is 2.46 bits per heavy atom. The molecule has 3 atom stereocenters. The summed E-state index contributed by atoms with van der Waals surface area (Å²) in [5.74, 6) is -0.494. The number of hydrogen-bond acceptors (Lipinski definition) is 4. The monoisotopic (exact) mass is 375 g/mol. The maximum absolute atomic E-state index is 12.6. The van der Waals surface area contributed by atoms with Gasteiger partial charge in [0.15, 0.2) is 0 Å². The highest BCUT2D eigenvalue weighted by Gasteiger charge is 2.31. The van der Waals surface area contributed by atoms with Crippen LogP contribution in [0.4, 0.5) is 0 Å². The van der Waals surface area contributed by atoms with E-state index in [2.05, 4.69) is 35.1 Å². The SMILES string of the molecule is COC(=O)[C@@H](C)C[C@H](Cc1ccc2ccccc2c1)N[S+]([O-])C(C)(C)C. The summed E-state index contributed by atoms with van der Waals surface area (Å²) in [6, 6.07) is 14.5. The van der Waals surface area contributed by atoms with Gasteiger partial charge in [0, 0.05) is 11.4 Å². The number of benzene rings is 2. The molecule has 0 aliphatic rings. The van der Waals surface area contributed by atoms with Crippen LogP contribution in [0.2, 0.25) is 0 Å². The van der Waals surface area contributed by atoms with Crippen LogP contribution in [0, 0.1) is 5.92 Å². The highest BCUT2D eigenvalue weighted by molar-refractivity contribution is 7.90. The van der Waals surface area contributed by atoms with Crippen LogP contribution in [-0.2, 0) is 27.3 Å². The summed E-state index contributed by atoms with van der Waals surface area (Å²) in [6.07, 6.45) is 1.27. The molecule has 142 valence electrons. The Balaban J connectivity index is 2.19. The Hall–Kier alpha value is -1.56. The normalized spacial score (nSPS) is 15.5. The van der Waals surface area contributed by atoms with Crippen molar-refractivity contribution in [1.82, 2.24) is 4.72 Å². The van der Waals surface area contributed by atoms with E-state index in [4.69, 9.17) is 4.74 Å². The predicted octanol–water partition coefficient (Wildman–Crippen LogP) is 4.00. The first-order valence-electron chi connectivity index (χ1n) is 8.94. The number of carbonyl (C=O) groups is 1. The van der Waals surface area contributed by atoms with Crippen LogP contribution in [0.25, 0.3) is 10.8 Å². The number of esters is 1. The Kier molecular flexibility index (Phi) is 7.09. The van der Waals surface area contributed by atoms with Gasteiger partial charge in [-0.3, -0.25) is 4.79 Å². The molecule has 2 aromatic rings. The van der Waals surface area contributed by atoms with Crippen molar-refractivity contribution < 1.29 is 14.1 Å². The molecule has 2 aromatic carbocycles. The van der Waals surface area contributed by atoms with Gasteiger partial charge in [-0.2, -0.15) is 0 Å². The minimum atomic E-state index is -1.20. The fraction of sp³-hybridized carbons (Fsp3) is 0.476. The Morgan fingerprint density at radius 2 is 1.85 bits per heavy atom. The van der Waals surface area contributed by atoms with Gasteiger partial charge in [0.1, 0.15) is 4.75 Å². The third-order valence-electron chi connectivity index (χ3n) is 4.37. The van der Waals surface area contributed by atoms with Crippen LogP contribution in [0.5, 0.6) is 0 Å². The number of rotatable bonds is 7. The van der Waals surface area contributed by atoms with Gasteiger partial charge in [0.05, 0.1) is 19.1 Å². The molecule has 2 rings (SSSR count).